The third-order valence-corrected chi connectivity index (χ3v) is 3.05. The molecule has 0 fully saturated rings. The molecule has 0 spiro atoms. The Hall–Kier alpha value is -2.09. The smallest absolute Gasteiger partial charge is 0.375 e. The minimum atomic E-state index is -4.83. The van der Waals surface area contributed by atoms with Gasteiger partial charge in [0.2, 0.25) is 0 Å². The molecule has 0 bridgehead atoms. The lowest BCUT2D eigenvalue weighted by atomic mass is 9.93. The molecule has 0 aliphatic carbocycles. The fourth-order valence-electron chi connectivity index (χ4n) is 2.03. The van der Waals surface area contributed by atoms with Crippen molar-refractivity contribution in [2.75, 3.05) is 0 Å². The van der Waals surface area contributed by atoms with Crippen LogP contribution < -0.4 is 4.74 Å². The molecular weight excluding hydrogens is 282 g/mol. The van der Waals surface area contributed by atoms with E-state index in [1.807, 2.05) is 0 Å². The number of aliphatic hydroxyl groups is 1. The van der Waals surface area contributed by atoms with Crippen molar-refractivity contribution in [2.24, 2.45) is 0 Å². The minimum absolute atomic E-state index is 0.195. The van der Waals surface area contributed by atoms with Crippen LogP contribution in [0.2, 0.25) is 0 Å². The van der Waals surface area contributed by atoms with Crippen LogP contribution in [0, 0.1) is 0 Å². The molecule has 1 aliphatic heterocycles. The fourth-order valence-corrected chi connectivity index (χ4v) is 2.03. The summed E-state index contributed by atoms with van der Waals surface area (Å²) in [5.74, 6) is -8.79. The highest BCUT2D eigenvalue weighted by molar-refractivity contribution is 5.71. The first-order valence-electron chi connectivity index (χ1n) is 5.50. The third-order valence-electron chi connectivity index (χ3n) is 3.05. The fraction of sp³-hybridized carbons (Fsp3) is 0.250. The van der Waals surface area contributed by atoms with Crippen molar-refractivity contribution < 1.29 is 31.9 Å². The van der Waals surface area contributed by atoms with E-state index in [4.69, 9.17) is 9.26 Å². The van der Waals surface area contributed by atoms with Crippen LogP contribution >= 0.6 is 0 Å². The number of rotatable bonds is 2. The molecule has 1 aliphatic rings. The summed E-state index contributed by atoms with van der Waals surface area (Å²) in [5.41, 5.74) is -0.392. The maximum Gasteiger partial charge on any atom is 0.375 e. The lowest BCUT2D eigenvalue weighted by molar-refractivity contribution is -0.326. The van der Waals surface area contributed by atoms with Crippen LogP contribution in [0.3, 0.4) is 0 Å². The standard InChI is InChI=1S/C12H7F4NO3/c13-10(14)11(15,16)12(18)7-5-17-20-9(7)6-3-1-2-4-8(6)19-12/h1-5,10,18H. The van der Waals surface area contributed by atoms with Gasteiger partial charge in [-0.2, -0.15) is 8.78 Å². The van der Waals surface area contributed by atoms with Crippen molar-refractivity contribution in [3.05, 3.63) is 36.0 Å². The second-order valence-electron chi connectivity index (χ2n) is 4.23. The van der Waals surface area contributed by atoms with Crippen molar-refractivity contribution in [3.8, 4) is 17.1 Å². The zero-order chi connectivity index (χ0) is 14.5. The Bertz CT molecular complexity index is 658. The predicted octanol–water partition coefficient (Wildman–Crippen LogP) is 2.78. The maximum atomic E-state index is 13.7. The molecule has 106 valence electrons. The summed E-state index contributed by atoms with van der Waals surface area (Å²) in [6.07, 6.45) is -3.39. The van der Waals surface area contributed by atoms with Crippen LogP contribution in [0.15, 0.2) is 35.0 Å². The van der Waals surface area contributed by atoms with Crippen LogP contribution in [0.1, 0.15) is 5.56 Å². The van der Waals surface area contributed by atoms with Crippen LogP contribution in [0.4, 0.5) is 17.6 Å². The van der Waals surface area contributed by atoms with Crippen molar-refractivity contribution in [1.82, 2.24) is 5.16 Å². The van der Waals surface area contributed by atoms with E-state index in [9.17, 15) is 22.7 Å². The van der Waals surface area contributed by atoms with Gasteiger partial charge in [-0.3, -0.25) is 0 Å². The molecule has 2 aromatic rings. The molecule has 1 N–H and O–H groups in total. The van der Waals surface area contributed by atoms with Gasteiger partial charge in [0.1, 0.15) is 5.75 Å². The van der Waals surface area contributed by atoms with Crippen molar-refractivity contribution in [2.45, 2.75) is 18.1 Å². The van der Waals surface area contributed by atoms with Gasteiger partial charge in [0.25, 0.3) is 0 Å². The first kappa shape index (κ1) is 12.9. The molecule has 2 heterocycles. The second kappa shape index (κ2) is 3.95. The molecule has 1 aromatic carbocycles. The summed E-state index contributed by atoms with van der Waals surface area (Å²) in [6.45, 7) is 0. The summed E-state index contributed by atoms with van der Waals surface area (Å²) in [4.78, 5) is 0. The highest BCUT2D eigenvalue weighted by atomic mass is 19.3. The van der Waals surface area contributed by atoms with Gasteiger partial charge in [0.15, 0.2) is 5.76 Å². The van der Waals surface area contributed by atoms with Crippen molar-refractivity contribution >= 4 is 0 Å². The first-order valence-corrected chi connectivity index (χ1v) is 5.50. The zero-order valence-electron chi connectivity index (χ0n) is 9.69. The Labute approximate surface area is 109 Å². The Morgan fingerprint density at radius 2 is 1.95 bits per heavy atom. The van der Waals surface area contributed by atoms with Gasteiger partial charge in [-0.05, 0) is 12.1 Å². The number of ether oxygens (including phenoxy) is 1. The predicted molar refractivity (Wildman–Crippen MR) is 57.4 cm³/mol. The summed E-state index contributed by atoms with van der Waals surface area (Å²) < 4.78 is 62.0. The number of hydrogen-bond acceptors (Lipinski definition) is 4. The van der Waals surface area contributed by atoms with Gasteiger partial charge in [-0.1, -0.05) is 17.3 Å². The van der Waals surface area contributed by atoms with Crippen LogP contribution in [0.5, 0.6) is 5.75 Å². The Balaban J connectivity index is 2.24. The quantitative estimate of drug-likeness (QED) is 0.864. The topological polar surface area (TPSA) is 55.5 Å². The highest BCUT2D eigenvalue weighted by Gasteiger charge is 2.66. The third kappa shape index (κ3) is 1.48. The van der Waals surface area contributed by atoms with E-state index in [1.54, 1.807) is 6.07 Å². The number of fused-ring (bicyclic) bond motifs is 3. The first-order chi connectivity index (χ1) is 9.38. The number of halogens is 4. The monoisotopic (exact) mass is 289 g/mol. The molecule has 3 rings (SSSR count). The summed E-state index contributed by atoms with van der Waals surface area (Å²) in [5, 5.41) is 13.3. The van der Waals surface area contributed by atoms with Gasteiger partial charge in [0, 0.05) is 0 Å². The van der Waals surface area contributed by atoms with Crippen molar-refractivity contribution in [3.63, 3.8) is 0 Å². The molecule has 0 saturated carbocycles. The van der Waals surface area contributed by atoms with E-state index in [1.165, 1.54) is 18.2 Å². The van der Waals surface area contributed by atoms with E-state index in [2.05, 4.69) is 5.16 Å². The average molecular weight is 289 g/mol. The summed E-state index contributed by atoms with van der Waals surface area (Å²) in [6, 6.07) is 5.75. The van der Waals surface area contributed by atoms with Crippen LogP contribution in [-0.4, -0.2) is 22.6 Å². The molecule has 4 nitrogen and oxygen atoms in total. The van der Waals surface area contributed by atoms with Gasteiger partial charge in [-0.25, -0.2) is 8.78 Å². The lowest BCUT2D eigenvalue weighted by Gasteiger charge is -2.37. The summed E-state index contributed by atoms with van der Waals surface area (Å²) in [7, 11) is 0. The van der Waals surface area contributed by atoms with Crippen LogP contribution in [-0.2, 0) is 5.79 Å². The highest BCUT2D eigenvalue weighted by Crippen LogP contribution is 2.51. The van der Waals surface area contributed by atoms with E-state index in [-0.39, 0.29) is 17.1 Å². The van der Waals surface area contributed by atoms with Crippen molar-refractivity contribution in [1.29, 1.82) is 0 Å². The molecule has 0 saturated heterocycles. The van der Waals surface area contributed by atoms with E-state index in [0.29, 0.717) is 0 Å². The van der Waals surface area contributed by atoms with Crippen LogP contribution in [0.25, 0.3) is 11.3 Å². The molecule has 1 aromatic heterocycles. The summed E-state index contributed by atoms with van der Waals surface area (Å²) >= 11 is 0. The molecule has 20 heavy (non-hydrogen) atoms. The number of hydrogen-bond donors (Lipinski definition) is 1. The molecule has 8 heteroatoms. The minimum Gasteiger partial charge on any atom is -0.451 e. The maximum absolute atomic E-state index is 13.7. The molecule has 0 amide bonds. The van der Waals surface area contributed by atoms with E-state index >= 15 is 0 Å². The Kier molecular flexibility index (Phi) is 2.55. The van der Waals surface area contributed by atoms with Gasteiger partial charge >= 0.3 is 18.1 Å². The van der Waals surface area contributed by atoms with Gasteiger partial charge < -0.3 is 14.4 Å². The molecule has 1 atom stereocenters. The lowest BCUT2D eigenvalue weighted by Crippen LogP contribution is -2.55. The number of nitrogens with zero attached hydrogens (tertiary/aromatic N) is 1. The number of benzene rings is 1. The van der Waals surface area contributed by atoms with E-state index < -0.39 is 23.7 Å². The zero-order valence-corrected chi connectivity index (χ0v) is 9.69. The molecule has 0 radical (unpaired) electrons. The molecular formula is C12H7F4NO3. The second-order valence-corrected chi connectivity index (χ2v) is 4.23. The molecule has 1 unspecified atom stereocenters. The normalized spacial score (nSPS) is 21.3. The number of para-hydroxylation sites is 1. The van der Waals surface area contributed by atoms with Gasteiger partial charge in [0.05, 0.1) is 17.3 Å². The SMILES string of the molecule is OC1(C(F)(F)C(F)F)Oc2ccccc2-c2oncc21. The Morgan fingerprint density at radius 1 is 1.25 bits per heavy atom. The number of aromatic nitrogens is 1. The van der Waals surface area contributed by atoms with E-state index in [0.717, 1.165) is 6.20 Å². The van der Waals surface area contributed by atoms with Gasteiger partial charge in [-0.15, -0.1) is 0 Å². The average Bonchev–Trinajstić information content (AvgIpc) is 2.89. The largest absolute Gasteiger partial charge is 0.451 e. The number of alkyl halides is 4. The Morgan fingerprint density at radius 3 is 2.65 bits per heavy atom.